The zero-order valence-corrected chi connectivity index (χ0v) is 10.4. The molecule has 2 rings (SSSR count). The van der Waals surface area contributed by atoms with E-state index in [1.807, 2.05) is 0 Å². The highest BCUT2D eigenvalue weighted by Crippen LogP contribution is 2.45. The van der Waals surface area contributed by atoms with Crippen molar-refractivity contribution in [3.8, 4) is 12.3 Å². The highest BCUT2D eigenvalue weighted by Gasteiger charge is 2.40. The summed E-state index contributed by atoms with van der Waals surface area (Å²) in [6.07, 6.45) is 2.25. The molecular formula is C15H12F3N. The number of halogens is 3. The van der Waals surface area contributed by atoms with Gasteiger partial charge in [0.25, 0.3) is 0 Å². The van der Waals surface area contributed by atoms with Crippen molar-refractivity contribution in [2.24, 2.45) is 0 Å². The molecule has 0 aliphatic heterocycles. The third-order valence-corrected chi connectivity index (χ3v) is 3.22. The summed E-state index contributed by atoms with van der Waals surface area (Å²) < 4.78 is 39.1. The van der Waals surface area contributed by atoms with Crippen molar-refractivity contribution in [2.75, 3.05) is 0 Å². The number of rotatable bonds is 2. The second kappa shape index (κ2) is 4.93. The zero-order valence-electron chi connectivity index (χ0n) is 10.4. The lowest BCUT2D eigenvalue weighted by atomic mass is 10.0. The summed E-state index contributed by atoms with van der Waals surface area (Å²) in [6.45, 7) is 1.68. The SMILES string of the molecule is C#CCC1=C(C(F)(F)F)CC(c2ccccn2)=C1C. The highest BCUT2D eigenvalue weighted by atomic mass is 19.4. The molecule has 1 nitrogen and oxygen atoms in total. The van der Waals surface area contributed by atoms with Gasteiger partial charge in [0.15, 0.2) is 0 Å². The van der Waals surface area contributed by atoms with Crippen LogP contribution in [0.4, 0.5) is 13.2 Å². The lowest BCUT2D eigenvalue weighted by Crippen LogP contribution is -2.12. The Hall–Kier alpha value is -2.02. The first-order valence-corrected chi connectivity index (χ1v) is 5.79. The van der Waals surface area contributed by atoms with Crippen molar-refractivity contribution in [1.29, 1.82) is 0 Å². The minimum Gasteiger partial charge on any atom is -0.257 e. The lowest BCUT2D eigenvalue weighted by Gasteiger charge is -2.10. The third kappa shape index (κ3) is 2.55. The Morgan fingerprint density at radius 1 is 1.37 bits per heavy atom. The molecule has 0 atom stereocenters. The van der Waals surface area contributed by atoms with E-state index >= 15 is 0 Å². The molecule has 0 saturated carbocycles. The number of hydrogen-bond donors (Lipinski definition) is 0. The quantitative estimate of drug-likeness (QED) is 0.731. The molecule has 1 aliphatic carbocycles. The van der Waals surface area contributed by atoms with Crippen LogP contribution in [0.15, 0.2) is 41.1 Å². The monoisotopic (exact) mass is 263 g/mol. The topological polar surface area (TPSA) is 12.9 Å². The molecule has 98 valence electrons. The molecule has 0 bridgehead atoms. The van der Waals surface area contributed by atoms with Gasteiger partial charge in [0, 0.05) is 24.6 Å². The Bertz CT molecular complexity index is 586. The Morgan fingerprint density at radius 2 is 2.11 bits per heavy atom. The fraction of sp³-hybridized carbons (Fsp3) is 0.267. The molecule has 19 heavy (non-hydrogen) atoms. The normalized spacial score (nSPS) is 15.9. The Kier molecular flexibility index (Phi) is 3.48. The van der Waals surface area contributed by atoms with Crippen LogP contribution in [0, 0.1) is 12.3 Å². The summed E-state index contributed by atoms with van der Waals surface area (Å²) >= 11 is 0. The largest absolute Gasteiger partial charge is 0.413 e. The predicted molar refractivity (Wildman–Crippen MR) is 68.0 cm³/mol. The van der Waals surface area contributed by atoms with Crippen LogP contribution in [0.1, 0.15) is 25.5 Å². The smallest absolute Gasteiger partial charge is 0.257 e. The van der Waals surface area contributed by atoms with Crippen LogP contribution in [-0.4, -0.2) is 11.2 Å². The van der Waals surface area contributed by atoms with E-state index in [1.165, 1.54) is 0 Å². The van der Waals surface area contributed by atoms with Crippen LogP contribution in [0.25, 0.3) is 5.57 Å². The van der Waals surface area contributed by atoms with Gasteiger partial charge in [0.05, 0.1) is 5.69 Å². The minimum absolute atomic E-state index is 0.00297. The van der Waals surface area contributed by atoms with E-state index in [2.05, 4.69) is 10.9 Å². The van der Waals surface area contributed by atoms with Gasteiger partial charge in [-0.25, -0.2) is 0 Å². The van der Waals surface area contributed by atoms with Crippen molar-refractivity contribution in [1.82, 2.24) is 4.98 Å². The van der Waals surface area contributed by atoms with Gasteiger partial charge in [0.1, 0.15) is 0 Å². The van der Waals surface area contributed by atoms with Gasteiger partial charge in [-0.2, -0.15) is 13.2 Å². The van der Waals surface area contributed by atoms with Gasteiger partial charge in [-0.3, -0.25) is 4.98 Å². The van der Waals surface area contributed by atoms with Crippen molar-refractivity contribution in [3.63, 3.8) is 0 Å². The molecule has 0 fully saturated rings. The predicted octanol–water partition coefficient (Wildman–Crippen LogP) is 4.14. The fourth-order valence-corrected chi connectivity index (χ4v) is 2.26. The molecule has 1 aromatic rings. The molecule has 0 aromatic carbocycles. The molecule has 0 radical (unpaired) electrons. The second-order valence-corrected chi connectivity index (χ2v) is 4.33. The Labute approximate surface area is 109 Å². The number of hydrogen-bond acceptors (Lipinski definition) is 1. The summed E-state index contributed by atoms with van der Waals surface area (Å²) in [7, 11) is 0. The van der Waals surface area contributed by atoms with Crippen LogP contribution >= 0.6 is 0 Å². The zero-order chi connectivity index (χ0) is 14.0. The molecule has 0 saturated heterocycles. The van der Waals surface area contributed by atoms with Crippen LogP contribution in [0.5, 0.6) is 0 Å². The fourth-order valence-electron chi connectivity index (χ4n) is 2.26. The molecule has 1 aliphatic rings. The Balaban J connectivity index is 2.46. The van der Waals surface area contributed by atoms with E-state index < -0.39 is 11.7 Å². The van der Waals surface area contributed by atoms with Crippen molar-refractivity contribution in [3.05, 3.63) is 46.8 Å². The third-order valence-electron chi connectivity index (χ3n) is 3.22. The van der Waals surface area contributed by atoms with Gasteiger partial charge >= 0.3 is 6.18 Å². The van der Waals surface area contributed by atoms with Gasteiger partial charge in [-0.1, -0.05) is 6.07 Å². The lowest BCUT2D eigenvalue weighted by molar-refractivity contribution is -0.0931. The van der Waals surface area contributed by atoms with E-state index in [1.54, 1.807) is 31.3 Å². The summed E-state index contributed by atoms with van der Waals surface area (Å²) in [5.41, 5.74) is 1.47. The van der Waals surface area contributed by atoms with Crippen LogP contribution in [0.2, 0.25) is 0 Å². The second-order valence-electron chi connectivity index (χ2n) is 4.33. The first-order chi connectivity index (χ1) is 8.95. The number of pyridine rings is 1. The van der Waals surface area contributed by atoms with Crippen molar-refractivity contribution < 1.29 is 13.2 Å². The molecule has 1 aromatic heterocycles. The average molecular weight is 263 g/mol. The highest BCUT2D eigenvalue weighted by molar-refractivity contribution is 5.77. The summed E-state index contributed by atoms with van der Waals surface area (Å²) in [4.78, 5) is 4.12. The average Bonchev–Trinajstić information content (AvgIpc) is 2.69. The van der Waals surface area contributed by atoms with E-state index in [4.69, 9.17) is 6.42 Å². The summed E-state index contributed by atoms with van der Waals surface area (Å²) in [5, 5.41) is 0. The van der Waals surface area contributed by atoms with Gasteiger partial charge in [-0.15, -0.1) is 12.3 Å². The van der Waals surface area contributed by atoms with Gasteiger partial charge < -0.3 is 0 Å². The number of terminal acetylenes is 1. The van der Waals surface area contributed by atoms with Crippen LogP contribution in [0.3, 0.4) is 0 Å². The molecular weight excluding hydrogens is 251 g/mol. The van der Waals surface area contributed by atoms with Crippen molar-refractivity contribution in [2.45, 2.75) is 25.9 Å². The van der Waals surface area contributed by atoms with Gasteiger partial charge in [0.2, 0.25) is 0 Å². The number of aromatic nitrogens is 1. The molecule has 0 spiro atoms. The maximum Gasteiger partial charge on any atom is 0.413 e. The molecule has 0 N–H and O–H groups in total. The van der Waals surface area contributed by atoms with Crippen LogP contribution < -0.4 is 0 Å². The first-order valence-electron chi connectivity index (χ1n) is 5.79. The van der Waals surface area contributed by atoms with E-state index in [-0.39, 0.29) is 18.4 Å². The van der Waals surface area contributed by atoms with E-state index in [9.17, 15) is 13.2 Å². The molecule has 0 unspecified atom stereocenters. The standard InChI is InChI=1S/C15H12F3N/c1-3-6-11-10(2)12(9-13(11)15(16,17)18)14-7-4-5-8-19-14/h1,4-5,7-8H,6,9H2,2H3. The maximum atomic E-state index is 13.0. The Morgan fingerprint density at radius 3 is 2.63 bits per heavy atom. The van der Waals surface area contributed by atoms with Crippen LogP contribution in [-0.2, 0) is 0 Å². The first kappa shape index (κ1) is 13.4. The van der Waals surface area contributed by atoms with Gasteiger partial charge in [-0.05, 0) is 35.8 Å². The number of nitrogens with zero attached hydrogens (tertiary/aromatic N) is 1. The number of alkyl halides is 3. The maximum absolute atomic E-state index is 13.0. The minimum atomic E-state index is -4.34. The molecule has 1 heterocycles. The summed E-state index contributed by atoms with van der Waals surface area (Å²) in [6, 6.07) is 5.20. The summed E-state index contributed by atoms with van der Waals surface area (Å²) in [5.74, 6) is 2.30. The molecule has 4 heteroatoms. The molecule has 0 amide bonds. The van der Waals surface area contributed by atoms with Crippen molar-refractivity contribution >= 4 is 5.57 Å². The van der Waals surface area contributed by atoms with E-state index in [0.717, 1.165) is 0 Å². The number of allylic oxidation sites excluding steroid dienone is 4. The van der Waals surface area contributed by atoms with E-state index in [0.29, 0.717) is 16.8 Å².